The fourth-order valence-corrected chi connectivity index (χ4v) is 4.14. The van der Waals surface area contributed by atoms with Gasteiger partial charge < -0.3 is 15.4 Å². The molecule has 1 atom stereocenters. The zero-order chi connectivity index (χ0) is 17.1. The third-order valence-corrected chi connectivity index (χ3v) is 5.71. The molecular formula is C15H17ClN4O2S2. The van der Waals surface area contributed by atoms with E-state index < -0.39 is 0 Å². The van der Waals surface area contributed by atoms with E-state index in [1.165, 1.54) is 35.9 Å². The number of hydrogen-bond acceptors (Lipinski definition) is 7. The third-order valence-electron chi connectivity index (χ3n) is 3.38. The monoisotopic (exact) mass is 384 g/mol. The van der Waals surface area contributed by atoms with E-state index in [4.69, 9.17) is 16.3 Å². The molecule has 1 unspecified atom stereocenters. The predicted octanol–water partition coefficient (Wildman–Crippen LogP) is 3.89. The summed E-state index contributed by atoms with van der Waals surface area (Å²) in [6, 6.07) is 5.67. The minimum absolute atomic E-state index is 0.117. The highest BCUT2D eigenvalue weighted by Gasteiger charge is 2.23. The van der Waals surface area contributed by atoms with Crippen LogP contribution in [0.1, 0.15) is 19.8 Å². The van der Waals surface area contributed by atoms with E-state index in [0.29, 0.717) is 22.5 Å². The molecule has 1 aliphatic carbocycles. The molecule has 24 heavy (non-hydrogen) atoms. The highest BCUT2D eigenvalue weighted by molar-refractivity contribution is 8.02. The van der Waals surface area contributed by atoms with Crippen molar-refractivity contribution in [2.75, 3.05) is 17.7 Å². The topological polar surface area (TPSA) is 76.1 Å². The number of amides is 1. The molecular weight excluding hydrogens is 368 g/mol. The number of carbonyl (C=O) groups is 1. The van der Waals surface area contributed by atoms with Gasteiger partial charge in [0.15, 0.2) is 4.34 Å². The molecule has 0 radical (unpaired) electrons. The van der Waals surface area contributed by atoms with Crippen molar-refractivity contribution in [1.29, 1.82) is 0 Å². The van der Waals surface area contributed by atoms with Crippen LogP contribution in [0.4, 0.5) is 10.8 Å². The average Bonchev–Trinajstić information content (AvgIpc) is 3.26. The van der Waals surface area contributed by atoms with Crippen molar-refractivity contribution in [3.8, 4) is 5.75 Å². The van der Waals surface area contributed by atoms with E-state index in [1.54, 1.807) is 25.3 Å². The molecule has 9 heteroatoms. The van der Waals surface area contributed by atoms with Crippen molar-refractivity contribution in [2.24, 2.45) is 0 Å². The van der Waals surface area contributed by atoms with Gasteiger partial charge in [0.1, 0.15) is 5.75 Å². The molecule has 0 saturated heterocycles. The summed E-state index contributed by atoms with van der Waals surface area (Å²) in [6.07, 6.45) is 2.37. The van der Waals surface area contributed by atoms with Gasteiger partial charge in [-0.3, -0.25) is 4.79 Å². The van der Waals surface area contributed by atoms with E-state index in [-0.39, 0.29) is 11.2 Å². The maximum atomic E-state index is 12.3. The number of benzene rings is 1. The van der Waals surface area contributed by atoms with E-state index >= 15 is 0 Å². The first-order valence-corrected chi connectivity index (χ1v) is 9.53. The summed E-state index contributed by atoms with van der Waals surface area (Å²) in [6.45, 7) is 1.83. The van der Waals surface area contributed by atoms with Crippen LogP contribution < -0.4 is 15.4 Å². The average molecular weight is 385 g/mol. The lowest BCUT2D eigenvalue weighted by atomic mass is 10.3. The lowest BCUT2D eigenvalue weighted by molar-refractivity contribution is -0.115. The molecule has 1 amide bonds. The lowest BCUT2D eigenvalue weighted by Gasteiger charge is -2.11. The fraction of sp³-hybridized carbons (Fsp3) is 0.400. The van der Waals surface area contributed by atoms with Gasteiger partial charge in [0.25, 0.3) is 0 Å². The first kappa shape index (κ1) is 17.3. The number of thioether (sulfide) groups is 1. The molecule has 1 aliphatic rings. The van der Waals surface area contributed by atoms with Crippen LogP contribution in [0.5, 0.6) is 5.75 Å². The minimum atomic E-state index is -0.299. The quantitative estimate of drug-likeness (QED) is 0.705. The summed E-state index contributed by atoms with van der Waals surface area (Å²) < 4.78 is 5.87. The third kappa shape index (κ3) is 4.52. The first-order valence-electron chi connectivity index (χ1n) is 7.46. The fourth-order valence-electron chi connectivity index (χ4n) is 1.91. The van der Waals surface area contributed by atoms with Crippen molar-refractivity contribution in [3.63, 3.8) is 0 Å². The summed E-state index contributed by atoms with van der Waals surface area (Å²) >= 11 is 8.93. The maximum absolute atomic E-state index is 12.3. The molecule has 0 spiro atoms. The Bertz CT molecular complexity index is 736. The summed E-state index contributed by atoms with van der Waals surface area (Å²) in [4.78, 5) is 12.3. The van der Waals surface area contributed by atoms with Crippen LogP contribution in [0.2, 0.25) is 5.02 Å². The Morgan fingerprint density at radius 3 is 2.92 bits per heavy atom. The van der Waals surface area contributed by atoms with Crippen molar-refractivity contribution in [1.82, 2.24) is 10.2 Å². The largest absolute Gasteiger partial charge is 0.495 e. The number of ether oxygens (including phenoxy) is 1. The van der Waals surface area contributed by atoms with E-state index in [1.807, 2.05) is 6.92 Å². The van der Waals surface area contributed by atoms with Crippen molar-refractivity contribution >= 4 is 51.4 Å². The summed E-state index contributed by atoms with van der Waals surface area (Å²) in [5, 5.41) is 15.3. The van der Waals surface area contributed by atoms with Gasteiger partial charge in [0.2, 0.25) is 11.0 Å². The second kappa shape index (κ2) is 7.58. The van der Waals surface area contributed by atoms with Crippen molar-refractivity contribution in [2.45, 2.75) is 35.4 Å². The van der Waals surface area contributed by atoms with Crippen LogP contribution in [0, 0.1) is 0 Å². The molecule has 1 heterocycles. The second-order valence-electron chi connectivity index (χ2n) is 5.39. The standard InChI is InChI=1S/C15H17ClN4O2S2/c1-8(23-15-20-19-14(24-15)18-9-3-4-9)13(21)17-10-5-6-12(22-2)11(16)7-10/h5-9H,3-4H2,1-2H3,(H,17,21)(H,18,19). The molecule has 1 aromatic heterocycles. The van der Waals surface area contributed by atoms with Crippen LogP contribution in [0.3, 0.4) is 0 Å². The van der Waals surface area contributed by atoms with Crippen LogP contribution >= 0.6 is 34.7 Å². The predicted molar refractivity (Wildman–Crippen MR) is 98.5 cm³/mol. The molecule has 1 saturated carbocycles. The Kier molecular flexibility index (Phi) is 5.47. The number of anilines is 2. The molecule has 6 nitrogen and oxygen atoms in total. The molecule has 2 aromatic rings. The summed E-state index contributed by atoms with van der Waals surface area (Å²) in [5.41, 5.74) is 0.631. The number of methoxy groups -OCH3 is 1. The van der Waals surface area contributed by atoms with Gasteiger partial charge >= 0.3 is 0 Å². The number of hydrogen-bond donors (Lipinski definition) is 2. The highest BCUT2D eigenvalue weighted by atomic mass is 35.5. The van der Waals surface area contributed by atoms with Gasteiger partial charge in [-0.1, -0.05) is 34.7 Å². The molecule has 2 N–H and O–H groups in total. The normalized spacial score (nSPS) is 15.0. The Morgan fingerprint density at radius 1 is 1.46 bits per heavy atom. The van der Waals surface area contributed by atoms with Crippen molar-refractivity contribution < 1.29 is 9.53 Å². The van der Waals surface area contributed by atoms with Gasteiger partial charge in [-0.2, -0.15) is 0 Å². The molecule has 128 valence electrons. The van der Waals surface area contributed by atoms with Crippen LogP contribution in [-0.2, 0) is 4.79 Å². The number of nitrogens with zero attached hydrogens (tertiary/aromatic N) is 2. The molecule has 0 aliphatic heterocycles. The van der Waals surface area contributed by atoms with Gasteiger partial charge in [0.05, 0.1) is 17.4 Å². The molecule has 1 aromatic carbocycles. The van der Waals surface area contributed by atoms with Crippen LogP contribution in [0.15, 0.2) is 22.5 Å². The number of nitrogens with one attached hydrogen (secondary N) is 2. The van der Waals surface area contributed by atoms with Gasteiger partial charge in [-0.15, -0.1) is 10.2 Å². The van der Waals surface area contributed by atoms with Crippen LogP contribution in [-0.4, -0.2) is 34.5 Å². The number of carbonyl (C=O) groups excluding carboxylic acids is 1. The number of halogens is 1. The first-order chi connectivity index (χ1) is 11.5. The molecule has 0 bridgehead atoms. The van der Waals surface area contributed by atoms with Gasteiger partial charge in [0, 0.05) is 11.7 Å². The minimum Gasteiger partial charge on any atom is -0.495 e. The van der Waals surface area contributed by atoms with E-state index in [0.717, 1.165) is 9.47 Å². The number of aromatic nitrogens is 2. The Balaban J connectivity index is 1.55. The summed E-state index contributed by atoms with van der Waals surface area (Å²) in [5.74, 6) is 0.453. The van der Waals surface area contributed by atoms with E-state index in [9.17, 15) is 4.79 Å². The zero-order valence-corrected chi connectivity index (χ0v) is 15.6. The Labute approximate surface area is 153 Å². The zero-order valence-electron chi connectivity index (χ0n) is 13.2. The SMILES string of the molecule is COc1ccc(NC(=O)C(C)Sc2nnc(NC3CC3)s2)cc1Cl. The smallest absolute Gasteiger partial charge is 0.237 e. The Morgan fingerprint density at radius 2 is 2.25 bits per heavy atom. The van der Waals surface area contributed by atoms with E-state index in [2.05, 4.69) is 20.8 Å². The molecule has 1 fully saturated rings. The summed E-state index contributed by atoms with van der Waals surface area (Å²) in [7, 11) is 1.55. The highest BCUT2D eigenvalue weighted by Crippen LogP contribution is 2.33. The second-order valence-corrected chi connectivity index (χ2v) is 8.36. The van der Waals surface area contributed by atoms with Gasteiger partial charge in [-0.25, -0.2) is 0 Å². The Hall–Kier alpha value is -1.51. The van der Waals surface area contributed by atoms with Gasteiger partial charge in [-0.05, 0) is 38.0 Å². The van der Waals surface area contributed by atoms with Crippen molar-refractivity contribution in [3.05, 3.63) is 23.2 Å². The lowest BCUT2D eigenvalue weighted by Crippen LogP contribution is -2.22. The van der Waals surface area contributed by atoms with Crippen LogP contribution in [0.25, 0.3) is 0 Å². The molecule has 3 rings (SSSR count). The number of rotatable bonds is 7. The maximum Gasteiger partial charge on any atom is 0.237 e.